The number of hydroxylamine groups is 2. The fourth-order valence-corrected chi connectivity index (χ4v) is 1.26. The fraction of sp³-hybridized carbons (Fsp3) is 0.700. The molecule has 0 radical (unpaired) electrons. The first-order valence-electron chi connectivity index (χ1n) is 4.83. The van der Waals surface area contributed by atoms with Gasteiger partial charge in [-0.25, -0.2) is 0 Å². The summed E-state index contributed by atoms with van der Waals surface area (Å²) in [5.74, 6) is 0.648. The van der Waals surface area contributed by atoms with Gasteiger partial charge in [0.15, 0.2) is 0 Å². The van der Waals surface area contributed by atoms with Crippen LogP contribution in [0.1, 0.15) is 26.7 Å². The average molecular weight is 182 g/mol. The van der Waals surface area contributed by atoms with Gasteiger partial charge in [-0.1, -0.05) is 18.2 Å². The topological polar surface area (TPSA) is 24.8 Å². The van der Waals surface area contributed by atoms with Crippen molar-refractivity contribution in [3.63, 3.8) is 0 Å². The first-order valence-corrected chi connectivity index (χ1v) is 4.83. The van der Waals surface area contributed by atoms with Crippen LogP contribution in [0.4, 0.5) is 0 Å². The summed E-state index contributed by atoms with van der Waals surface area (Å²) in [6.07, 6.45) is 6.57. The van der Waals surface area contributed by atoms with E-state index in [0.29, 0.717) is 5.92 Å². The standard InChI is InChI=1S/C10H18N2O/c1-4-10-6-5-9(2)11-13-12(3)8-7-10/h5-6,10H,4,7-8H2,1-3H3/b6-5-,11-9+. The van der Waals surface area contributed by atoms with Crippen LogP contribution in [-0.4, -0.2) is 24.4 Å². The van der Waals surface area contributed by atoms with Gasteiger partial charge >= 0.3 is 0 Å². The second-order valence-corrected chi connectivity index (χ2v) is 3.48. The van der Waals surface area contributed by atoms with Crippen LogP contribution in [0, 0.1) is 5.92 Å². The lowest BCUT2D eigenvalue weighted by Gasteiger charge is -2.14. The molecule has 1 aliphatic rings. The van der Waals surface area contributed by atoms with Crippen LogP contribution in [0.25, 0.3) is 0 Å². The smallest absolute Gasteiger partial charge is 0.0788 e. The van der Waals surface area contributed by atoms with Gasteiger partial charge in [0, 0.05) is 13.6 Å². The highest BCUT2D eigenvalue weighted by Crippen LogP contribution is 2.12. The highest BCUT2D eigenvalue weighted by Gasteiger charge is 2.07. The second-order valence-electron chi connectivity index (χ2n) is 3.48. The predicted octanol–water partition coefficient (Wildman–Crippen LogP) is 2.21. The molecule has 0 fully saturated rings. The van der Waals surface area contributed by atoms with Gasteiger partial charge in [0.2, 0.25) is 0 Å². The molecule has 0 spiro atoms. The molecule has 0 bridgehead atoms. The SMILES string of the molecule is CCC1/C=C\C(C)=N\ON(C)CC1. The Balaban J connectivity index is 2.62. The lowest BCUT2D eigenvalue weighted by atomic mass is 10.0. The predicted molar refractivity (Wildman–Crippen MR) is 54.4 cm³/mol. The summed E-state index contributed by atoms with van der Waals surface area (Å²) in [6.45, 7) is 5.09. The molecule has 3 heteroatoms. The zero-order valence-corrected chi connectivity index (χ0v) is 8.66. The highest BCUT2D eigenvalue weighted by atomic mass is 16.8. The number of oxime groups is 1. The van der Waals surface area contributed by atoms with Gasteiger partial charge in [-0.05, 0) is 31.8 Å². The summed E-state index contributed by atoms with van der Waals surface area (Å²) in [7, 11) is 1.91. The van der Waals surface area contributed by atoms with Gasteiger partial charge in [0.1, 0.15) is 0 Å². The third kappa shape index (κ3) is 3.59. The minimum atomic E-state index is 0.648. The molecule has 0 amide bonds. The van der Waals surface area contributed by atoms with E-state index >= 15 is 0 Å². The molecule has 0 aromatic rings. The molecule has 1 aliphatic heterocycles. The molecule has 1 atom stereocenters. The normalized spacial score (nSPS) is 31.9. The van der Waals surface area contributed by atoms with Crippen molar-refractivity contribution < 1.29 is 4.94 Å². The molecule has 0 saturated carbocycles. The molecule has 0 N–H and O–H groups in total. The van der Waals surface area contributed by atoms with Crippen molar-refractivity contribution in [1.29, 1.82) is 0 Å². The summed E-state index contributed by atoms with van der Waals surface area (Å²) in [5, 5.41) is 5.73. The van der Waals surface area contributed by atoms with E-state index < -0.39 is 0 Å². The van der Waals surface area contributed by atoms with E-state index in [9.17, 15) is 0 Å². The number of nitrogens with zero attached hydrogens (tertiary/aromatic N) is 2. The van der Waals surface area contributed by atoms with Gasteiger partial charge in [0.25, 0.3) is 0 Å². The van der Waals surface area contributed by atoms with Crippen LogP contribution in [0.15, 0.2) is 17.3 Å². The maximum absolute atomic E-state index is 5.14. The second kappa shape index (κ2) is 5.02. The van der Waals surface area contributed by atoms with Crippen molar-refractivity contribution in [3.05, 3.63) is 12.2 Å². The molecule has 3 nitrogen and oxygen atoms in total. The zero-order chi connectivity index (χ0) is 9.68. The van der Waals surface area contributed by atoms with Gasteiger partial charge in [0.05, 0.1) is 5.71 Å². The Morgan fingerprint density at radius 3 is 3.15 bits per heavy atom. The van der Waals surface area contributed by atoms with Crippen molar-refractivity contribution in [2.24, 2.45) is 11.1 Å². The van der Waals surface area contributed by atoms with Crippen LogP contribution in [0.5, 0.6) is 0 Å². The first-order chi connectivity index (χ1) is 6.22. The van der Waals surface area contributed by atoms with Crippen molar-refractivity contribution in [2.45, 2.75) is 26.7 Å². The molecule has 1 unspecified atom stereocenters. The highest BCUT2D eigenvalue weighted by molar-refractivity contribution is 5.92. The first kappa shape index (κ1) is 10.3. The van der Waals surface area contributed by atoms with Crippen molar-refractivity contribution in [2.75, 3.05) is 13.6 Å². The Kier molecular flexibility index (Phi) is 3.96. The van der Waals surface area contributed by atoms with E-state index in [-0.39, 0.29) is 0 Å². The third-order valence-electron chi connectivity index (χ3n) is 2.27. The van der Waals surface area contributed by atoms with E-state index in [1.54, 1.807) is 5.06 Å². The van der Waals surface area contributed by atoms with Crippen LogP contribution >= 0.6 is 0 Å². The molecular formula is C10H18N2O. The number of hydrogen-bond acceptors (Lipinski definition) is 3. The lowest BCUT2D eigenvalue weighted by Crippen LogP contribution is -2.19. The summed E-state index contributed by atoms with van der Waals surface area (Å²) < 4.78 is 0. The molecule has 1 heterocycles. The average Bonchev–Trinajstić information content (AvgIpc) is 2.20. The Labute approximate surface area is 80.0 Å². The number of allylic oxidation sites excluding steroid dienone is 2. The molecule has 0 aliphatic carbocycles. The van der Waals surface area contributed by atoms with E-state index in [4.69, 9.17) is 4.94 Å². The fourth-order valence-electron chi connectivity index (χ4n) is 1.26. The van der Waals surface area contributed by atoms with Gasteiger partial charge < -0.3 is 0 Å². The summed E-state index contributed by atoms with van der Waals surface area (Å²) in [5.41, 5.74) is 0.923. The Morgan fingerprint density at radius 1 is 1.69 bits per heavy atom. The quantitative estimate of drug-likeness (QED) is 0.621. The van der Waals surface area contributed by atoms with Crippen LogP contribution < -0.4 is 0 Å². The molecule has 74 valence electrons. The van der Waals surface area contributed by atoms with Gasteiger partial charge in [-0.2, -0.15) is 0 Å². The largest absolute Gasteiger partial charge is 0.297 e. The maximum Gasteiger partial charge on any atom is 0.0788 e. The van der Waals surface area contributed by atoms with Crippen LogP contribution in [-0.2, 0) is 4.94 Å². The molecule has 0 aromatic carbocycles. The summed E-state index contributed by atoms with van der Waals surface area (Å²) in [4.78, 5) is 5.14. The summed E-state index contributed by atoms with van der Waals surface area (Å²) >= 11 is 0. The molecular weight excluding hydrogens is 164 g/mol. The number of rotatable bonds is 1. The molecule has 0 aromatic heterocycles. The number of hydrogen-bond donors (Lipinski definition) is 0. The van der Waals surface area contributed by atoms with Crippen molar-refractivity contribution in [3.8, 4) is 0 Å². The third-order valence-corrected chi connectivity index (χ3v) is 2.27. The summed E-state index contributed by atoms with van der Waals surface area (Å²) in [6, 6.07) is 0. The van der Waals surface area contributed by atoms with E-state index in [0.717, 1.165) is 18.7 Å². The zero-order valence-electron chi connectivity index (χ0n) is 8.66. The van der Waals surface area contributed by atoms with Crippen molar-refractivity contribution >= 4 is 5.71 Å². The Morgan fingerprint density at radius 2 is 2.46 bits per heavy atom. The van der Waals surface area contributed by atoms with Crippen LogP contribution in [0.2, 0.25) is 0 Å². The molecule has 1 rings (SSSR count). The van der Waals surface area contributed by atoms with Crippen LogP contribution in [0.3, 0.4) is 0 Å². The van der Waals surface area contributed by atoms with E-state index in [1.807, 2.05) is 20.0 Å². The molecule has 0 saturated heterocycles. The minimum Gasteiger partial charge on any atom is -0.297 e. The Bertz CT molecular complexity index is 211. The minimum absolute atomic E-state index is 0.648. The van der Waals surface area contributed by atoms with E-state index in [2.05, 4.69) is 18.2 Å². The van der Waals surface area contributed by atoms with Gasteiger partial charge in [-0.3, -0.25) is 4.94 Å². The van der Waals surface area contributed by atoms with Crippen molar-refractivity contribution in [1.82, 2.24) is 5.06 Å². The monoisotopic (exact) mass is 182 g/mol. The molecule has 13 heavy (non-hydrogen) atoms. The Hall–Kier alpha value is -0.830. The van der Waals surface area contributed by atoms with E-state index in [1.165, 1.54) is 6.42 Å². The maximum atomic E-state index is 5.14. The van der Waals surface area contributed by atoms with Gasteiger partial charge in [-0.15, -0.1) is 5.06 Å². The lowest BCUT2D eigenvalue weighted by molar-refractivity contribution is -0.140.